The van der Waals surface area contributed by atoms with E-state index in [-0.39, 0.29) is 89.9 Å². The Kier molecular flexibility index (Phi) is 29.6. The lowest BCUT2D eigenvalue weighted by molar-refractivity contribution is -0.384. The number of hydrogen-bond donors (Lipinski definition) is 8. The van der Waals surface area contributed by atoms with E-state index >= 15 is 0 Å². The van der Waals surface area contributed by atoms with Gasteiger partial charge in [0.1, 0.15) is 28.2 Å². The van der Waals surface area contributed by atoms with E-state index in [4.69, 9.17) is 52.5 Å². The molecule has 3 fully saturated rings. The van der Waals surface area contributed by atoms with Crippen LogP contribution in [0.2, 0.25) is 0 Å². The van der Waals surface area contributed by atoms with E-state index in [9.17, 15) is 44.2 Å². The zero-order chi connectivity index (χ0) is 60.5. The molecule has 0 aliphatic heterocycles. The van der Waals surface area contributed by atoms with Crippen molar-refractivity contribution < 1.29 is 57.6 Å². The minimum atomic E-state index is -0.603. The number of rotatable bonds is 11. The molecule has 3 aromatic carbocycles. The van der Waals surface area contributed by atoms with Gasteiger partial charge >= 0.3 is 24.2 Å². The molecule has 0 radical (unpaired) electrons. The highest BCUT2D eigenvalue weighted by molar-refractivity contribution is 6.02. The minimum Gasteiger partial charge on any atom is -0.460 e. The maximum atomic E-state index is 12.4. The topological polar surface area (TPSA) is 400 Å². The Morgan fingerprint density at radius 3 is 1.25 bits per heavy atom. The van der Waals surface area contributed by atoms with Crippen LogP contribution in [0.25, 0.3) is 0 Å². The number of benzene rings is 3. The maximum absolute atomic E-state index is 12.4. The molecule has 3 aromatic rings. The van der Waals surface area contributed by atoms with Gasteiger partial charge in [0.25, 0.3) is 23.2 Å². The third-order valence-electron chi connectivity index (χ3n) is 12.6. The summed E-state index contributed by atoms with van der Waals surface area (Å²) in [6.45, 7) is 16.7. The first kappa shape index (κ1) is 71.2. The summed E-state index contributed by atoms with van der Waals surface area (Å²) in [5.41, 5.74) is 28.1. The van der Waals surface area contributed by atoms with E-state index < -0.39 is 32.6 Å². The van der Waals surface area contributed by atoms with Crippen LogP contribution in [-0.4, -0.2) is 86.8 Å². The Bertz CT molecular complexity index is 2560. The molecule has 13 N–H and O–H groups in total. The van der Waals surface area contributed by atoms with Crippen LogP contribution in [0, 0.1) is 32.1 Å². The summed E-state index contributed by atoms with van der Waals surface area (Å²) in [6, 6.07) is 16.0. The molecule has 3 aliphatic carbocycles. The van der Waals surface area contributed by atoms with Crippen molar-refractivity contribution in [3.8, 4) is 0 Å². The van der Waals surface area contributed by atoms with Crippen LogP contribution in [0.15, 0.2) is 60.7 Å². The standard InChI is InChI=1S/C19H27N3O5.C19H29N3O3.C11H22N2O2.C6H6N2O2.CO2.CH4/c1-19(2,3)27-16(23)11-12-7-9-13(10-8-12)21-18(24)14-5-4-6-15(17(14)20)22(25)26;1-19(2,3)25-16(23)11-12-7-9-13(10-8-12)22-18(24)14-5-4-6-15(20)17(14)21;1-11(2,3)15-10(14)13-9-6-4-8(12)5-7-9;7-5-3-1-2-4-6(5)8(9)10;2-1-3;/h4-6,12-13H,7-11,20H2,1-3H3,(H,21,24);4-6,12-13H,7-11,20-21H2,1-3H3,(H,22,24);8-9H,4-7,12H2,1-3H3,(H,13,14);1-4H,7H2;;1H4. The van der Waals surface area contributed by atoms with Gasteiger partial charge in [-0.1, -0.05) is 31.7 Å². The minimum absolute atomic E-state index is 0. The summed E-state index contributed by atoms with van der Waals surface area (Å²) >= 11 is 0. The van der Waals surface area contributed by atoms with Crippen molar-refractivity contribution in [1.29, 1.82) is 0 Å². The second kappa shape index (κ2) is 33.7. The number of carbonyl (C=O) groups is 5. The Morgan fingerprint density at radius 2 is 0.864 bits per heavy atom. The Hall–Kier alpha value is -7.85. The molecule has 24 nitrogen and oxygen atoms in total. The Labute approximate surface area is 475 Å². The van der Waals surface area contributed by atoms with Gasteiger partial charge in [0, 0.05) is 49.1 Å². The van der Waals surface area contributed by atoms with E-state index in [2.05, 4.69) is 16.0 Å². The molecule has 450 valence electrons. The summed E-state index contributed by atoms with van der Waals surface area (Å²) in [7, 11) is 0. The van der Waals surface area contributed by atoms with Crippen molar-refractivity contribution in [2.75, 3.05) is 22.9 Å². The molecule has 6 rings (SSSR count). The van der Waals surface area contributed by atoms with Gasteiger partial charge in [0.05, 0.1) is 32.3 Å². The van der Waals surface area contributed by atoms with Gasteiger partial charge in [-0.25, -0.2) is 4.79 Å². The summed E-state index contributed by atoms with van der Waals surface area (Å²) in [5.74, 6) is -0.379. The summed E-state index contributed by atoms with van der Waals surface area (Å²) in [6.07, 6.45) is 11.3. The highest BCUT2D eigenvalue weighted by Crippen LogP contribution is 2.31. The lowest BCUT2D eigenvalue weighted by Gasteiger charge is -2.29. The number of alkyl carbamates (subject to hydrolysis) is 1. The number of nitro groups is 2. The van der Waals surface area contributed by atoms with Crippen LogP contribution in [0.4, 0.5) is 38.9 Å². The molecule has 81 heavy (non-hydrogen) atoms. The summed E-state index contributed by atoms with van der Waals surface area (Å²) < 4.78 is 15.9. The van der Waals surface area contributed by atoms with Gasteiger partial charge in [-0.2, -0.15) is 9.59 Å². The number of para-hydroxylation sites is 4. The van der Waals surface area contributed by atoms with Crippen molar-refractivity contribution in [3.05, 3.63) is 92.0 Å². The van der Waals surface area contributed by atoms with Gasteiger partial charge in [-0.15, -0.1) is 0 Å². The fourth-order valence-corrected chi connectivity index (χ4v) is 8.87. The second-order valence-electron chi connectivity index (χ2n) is 22.9. The van der Waals surface area contributed by atoms with E-state index in [0.717, 1.165) is 77.0 Å². The van der Waals surface area contributed by atoms with Gasteiger partial charge < -0.3 is 58.8 Å². The number of nitrogens with zero attached hydrogens (tertiary/aromatic N) is 2. The number of nitrogens with one attached hydrogen (secondary N) is 3. The molecule has 3 amide bonds. The highest BCUT2D eigenvalue weighted by atomic mass is 16.6. The van der Waals surface area contributed by atoms with Gasteiger partial charge in [-0.3, -0.25) is 39.4 Å². The normalized spacial score (nSPS) is 19.3. The monoisotopic (exact) mass is 1140 g/mol. The lowest BCUT2D eigenvalue weighted by atomic mass is 9.84. The number of carbonyl (C=O) groups excluding carboxylic acids is 7. The van der Waals surface area contributed by atoms with Crippen LogP contribution in [0.3, 0.4) is 0 Å². The number of nitrogens with two attached hydrogens (primary N) is 5. The maximum Gasteiger partial charge on any atom is 0.407 e. The van der Waals surface area contributed by atoms with E-state index in [1.54, 1.807) is 30.3 Å². The number of amides is 3. The highest BCUT2D eigenvalue weighted by Gasteiger charge is 2.30. The molecule has 0 atom stereocenters. The summed E-state index contributed by atoms with van der Waals surface area (Å²) in [5, 5.41) is 29.9. The van der Waals surface area contributed by atoms with Crippen LogP contribution >= 0.6 is 0 Å². The molecular weight excluding hydrogens is 1050 g/mol. The van der Waals surface area contributed by atoms with Crippen molar-refractivity contribution in [2.45, 2.75) is 201 Å². The smallest absolute Gasteiger partial charge is 0.407 e. The largest absolute Gasteiger partial charge is 0.460 e. The molecule has 0 heterocycles. The number of nitrogen functional groups attached to an aromatic ring is 4. The predicted molar refractivity (Wildman–Crippen MR) is 309 cm³/mol. The number of esters is 2. The van der Waals surface area contributed by atoms with Crippen LogP contribution in [-0.2, 0) is 33.4 Å². The van der Waals surface area contributed by atoms with E-state index in [1.807, 2.05) is 62.3 Å². The SMILES string of the molecule is C.CC(C)(C)OC(=O)CC1CCC(NC(=O)c2cccc(N)c2N)CC1.CC(C)(C)OC(=O)CC1CCC(NC(=O)c2cccc([N+](=O)[O-])c2N)CC1.CC(C)(C)OC(=O)NC1CCC(N)CC1.Nc1ccccc1[N+](=O)[O-].O=C=O. The van der Waals surface area contributed by atoms with Crippen LogP contribution in [0.1, 0.15) is 180 Å². The third-order valence-corrected chi connectivity index (χ3v) is 12.6. The number of anilines is 4. The quantitative estimate of drug-likeness (QED) is 0.0291. The van der Waals surface area contributed by atoms with Crippen molar-refractivity contribution in [1.82, 2.24) is 16.0 Å². The van der Waals surface area contributed by atoms with Crippen molar-refractivity contribution in [2.24, 2.45) is 17.6 Å². The molecule has 0 unspecified atom stereocenters. The van der Waals surface area contributed by atoms with Crippen LogP contribution < -0.4 is 44.6 Å². The average molecular weight is 1140 g/mol. The third kappa shape index (κ3) is 28.2. The van der Waals surface area contributed by atoms with E-state index in [0.29, 0.717) is 41.7 Å². The van der Waals surface area contributed by atoms with Crippen LogP contribution in [0.5, 0.6) is 0 Å². The zero-order valence-corrected chi connectivity index (χ0v) is 47.6. The van der Waals surface area contributed by atoms with Crippen molar-refractivity contribution >= 4 is 70.1 Å². The predicted octanol–water partition coefficient (Wildman–Crippen LogP) is 9.08. The number of hydrogen-bond acceptors (Lipinski definition) is 19. The molecule has 3 aliphatic rings. The first-order chi connectivity index (χ1) is 37.2. The molecule has 0 saturated heterocycles. The molecule has 24 heteroatoms. The summed E-state index contributed by atoms with van der Waals surface area (Å²) in [4.78, 5) is 96.4. The van der Waals surface area contributed by atoms with Crippen molar-refractivity contribution in [3.63, 3.8) is 0 Å². The fourth-order valence-electron chi connectivity index (χ4n) is 8.87. The first-order valence-electron chi connectivity index (χ1n) is 26.7. The fraction of sp³-hybridized carbons (Fsp3) is 0.579. The number of nitro benzene ring substituents is 2. The Morgan fingerprint density at radius 1 is 0.519 bits per heavy atom. The van der Waals surface area contributed by atoms with E-state index in [1.165, 1.54) is 30.3 Å². The second-order valence-corrected chi connectivity index (χ2v) is 22.9. The molecular formula is C57H88N10O14. The Balaban J connectivity index is 0.000000558. The van der Waals surface area contributed by atoms with Gasteiger partial charge in [0.2, 0.25) is 0 Å². The average Bonchev–Trinajstić information content (AvgIpc) is 3.34. The van der Waals surface area contributed by atoms with Gasteiger partial charge in [-0.05, 0) is 175 Å². The molecule has 3 saturated carbocycles. The van der Waals surface area contributed by atoms with Gasteiger partial charge in [0.15, 0.2) is 0 Å². The molecule has 0 bridgehead atoms. The molecule has 0 spiro atoms. The number of ether oxygens (including phenoxy) is 3. The lowest BCUT2D eigenvalue weighted by Crippen LogP contribution is -2.42. The first-order valence-corrected chi connectivity index (χ1v) is 26.7. The zero-order valence-electron chi connectivity index (χ0n) is 47.6. The molecule has 0 aromatic heterocycles.